The number of halogens is 2. The average molecular weight is 1200 g/mol. The number of likely N-dealkylation sites (tertiary alicyclic amines) is 1. The summed E-state index contributed by atoms with van der Waals surface area (Å²) in [4.78, 5) is 129. The smallest absolute Gasteiger partial charge is 0.326 e. The highest BCUT2D eigenvalue weighted by Gasteiger charge is 2.40. The van der Waals surface area contributed by atoms with Crippen molar-refractivity contribution in [2.24, 2.45) is 22.8 Å². The molecule has 1 saturated heterocycles. The van der Waals surface area contributed by atoms with E-state index in [-0.39, 0.29) is 81.9 Å². The first-order valence-corrected chi connectivity index (χ1v) is 29.1. The molecule has 23 nitrogen and oxygen atoms in total. The predicted molar refractivity (Wildman–Crippen MR) is 309 cm³/mol. The van der Waals surface area contributed by atoms with E-state index in [4.69, 9.17) is 16.6 Å². The van der Waals surface area contributed by atoms with E-state index in [1.807, 2.05) is 55.7 Å². The fraction of sp³-hybridized carbons (Fsp3) is 0.552. The number of carboxylic acid groups (broad SMARTS) is 2. The number of amides is 8. The summed E-state index contributed by atoms with van der Waals surface area (Å²) in [6.07, 6.45) is 3.34. The summed E-state index contributed by atoms with van der Waals surface area (Å²) in [7, 11) is 0. The number of aliphatic carboxylic acids is 2. The third kappa shape index (κ3) is 21.4. The summed E-state index contributed by atoms with van der Waals surface area (Å²) in [5.41, 5.74) is 13.0. The number of rotatable bonds is 35. The first-order chi connectivity index (χ1) is 39.6. The molecule has 1 fully saturated rings. The van der Waals surface area contributed by atoms with Crippen molar-refractivity contribution in [3.8, 4) is 11.1 Å². The summed E-state index contributed by atoms with van der Waals surface area (Å²) in [5, 5.41) is 41.3. The Labute approximate surface area is 492 Å². The number of aliphatic hydroxyl groups excluding tert-OH is 1. The number of imide groups is 1. The highest BCUT2D eigenvalue weighted by molar-refractivity contribution is 8.00. The van der Waals surface area contributed by atoms with Crippen LogP contribution >= 0.6 is 11.8 Å². The quantitative estimate of drug-likeness (QED) is 0.0299. The average Bonchev–Trinajstić information content (AvgIpc) is 3.02. The normalized spacial score (nSPS) is 15.6. The van der Waals surface area contributed by atoms with Gasteiger partial charge in [0.2, 0.25) is 47.3 Å². The number of carbonyl (C=O) groups is 10. The molecule has 0 saturated carbocycles. The number of unbranched alkanes of at least 4 members (excludes halogenated alkanes) is 3. The third-order valence-corrected chi connectivity index (χ3v) is 15.4. The predicted octanol–water partition coefficient (Wildman–Crippen LogP) is 2.95. The monoisotopic (exact) mass is 1200 g/mol. The topological polar surface area (TPSA) is 355 Å². The number of hydrogen-bond acceptors (Lipinski definition) is 14. The fourth-order valence-corrected chi connectivity index (χ4v) is 10.6. The van der Waals surface area contributed by atoms with Gasteiger partial charge < -0.3 is 62.8 Å². The molecule has 1 aliphatic heterocycles. The molecule has 84 heavy (non-hydrogen) atoms. The molecule has 4 rings (SSSR count). The van der Waals surface area contributed by atoms with Gasteiger partial charge in [0.1, 0.15) is 42.4 Å². The minimum atomic E-state index is -1.33. The first kappa shape index (κ1) is 69.2. The van der Waals surface area contributed by atoms with Gasteiger partial charge in [-0.25, -0.2) is 13.6 Å². The maximum absolute atomic E-state index is 15.2. The zero-order valence-electron chi connectivity index (χ0n) is 48.5. The SMILES string of the molecule is CC(C)C(NC(=O)CCCCCN1C(=O)CC(SC[C@H](N)C(=O)O)C1=O)C(=O)N[C@@H](C)C(=O)N[C@@H](CCCCNC(=O)CCNC(=O)[C@@H](N)CCN(C(=O)CO)[C@@H](c1cc(-c2cc(F)ccc2F)cn1Cc1ccccc1)C(C)(C)C)C(=O)O. The second kappa shape index (κ2) is 33.3. The van der Waals surface area contributed by atoms with Gasteiger partial charge in [-0.05, 0) is 86.6 Å². The number of nitrogens with one attached hydrogen (secondary N) is 5. The molecule has 8 amide bonds. The number of carbonyl (C=O) groups excluding carboxylic acids is 8. The largest absolute Gasteiger partial charge is 0.480 e. The van der Waals surface area contributed by atoms with Crippen molar-refractivity contribution in [3.63, 3.8) is 0 Å². The summed E-state index contributed by atoms with van der Waals surface area (Å²) in [5.74, 6) is -8.57. The van der Waals surface area contributed by atoms with Crippen LogP contribution in [0.5, 0.6) is 0 Å². The van der Waals surface area contributed by atoms with Crippen molar-refractivity contribution >= 4 is 71.0 Å². The fourth-order valence-electron chi connectivity index (χ4n) is 9.47. The number of aliphatic hydroxyl groups is 1. The molecular formula is C58H82F2N10O13S. The zero-order chi connectivity index (χ0) is 62.4. The lowest BCUT2D eigenvalue weighted by molar-refractivity contribution is -0.142. The van der Waals surface area contributed by atoms with Gasteiger partial charge in [0.15, 0.2) is 0 Å². The van der Waals surface area contributed by atoms with E-state index >= 15 is 4.39 Å². The second-order valence-corrected chi connectivity index (χ2v) is 23.5. The summed E-state index contributed by atoms with van der Waals surface area (Å²) in [6.45, 7) is 9.98. The van der Waals surface area contributed by atoms with Gasteiger partial charge in [0, 0.05) is 80.8 Å². The van der Waals surface area contributed by atoms with Crippen LogP contribution in [-0.2, 0) is 54.5 Å². The Morgan fingerprint density at radius 1 is 0.774 bits per heavy atom. The molecule has 26 heteroatoms. The highest BCUT2D eigenvalue weighted by atomic mass is 32.2. The van der Waals surface area contributed by atoms with Crippen molar-refractivity contribution in [2.75, 3.05) is 38.5 Å². The number of hydrogen-bond donors (Lipinski definition) is 10. The van der Waals surface area contributed by atoms with Crippen molar-refractivity contribution in [2.45, 2.75) is 154 Å². The number of nitrogens with two attached hydrogens (primary N) is 2. The second-order valence-electron chi connectivity index (χ2n) is 22.3. The molecule has 2 aromatic carbocycles. The molecule has 0 bridgehead atoms. The number of carboxylic acids is 2. The van der Waals surface area contributed by atoms with Crippen molar-refractivity contribution in [1.82, 2.24) is 41.0 Å². The Morgan fingerprint density at radius 2 is 1.48 bits per heavy atom. The van der Waals surface area contributed by atoms with Crippen LogP contribution in [0.15, 0.2) is 60.8 Å². The lowest BCUT2D eigenvalue weighted by Gasteiger charge is -2.41. The summed E-state index contributed by atoms with van der Waals surface area (Å²) < 4.78 is 31.4. The molecular weight excluding hydrogens is 1110 g/mol. The maximum Gasteiger partial charge on any atom is 0.326 e. The third-order valence-electron chi connectivity index (χ3n) is 14.1. The highest BCUT2D eigenvalue weighted by Crippen LogP contribution is 2.41. The van der Waals surface area contributed by atoms with Crippen LogP contribution in [0.4, 0.5) is 8.78 Å². The Bertz CT molecular complexity index is 2780. The maximum atomic E-state index is 15.2. The zero-order valence-corrected chi connectivity index (χ0v) is 49.3. The Kier molecular flexibility index (Phi) is 27.4. The molecule has 7 atom stereocenters. The minimum absolute atomic E-state index is 0.0154. The molecule has 12 N–H and O–H groups in total. The Balaban J connectivity index is 1.18. The molecule has 0 radical (unpaired) electrons. The molecule has 0 spiro atoms. The van der Waals surface area contributed by atoms with Gasteiger partial charge in [-0.1, -0.05) is 71.4 Å². The number of aromatic nitrogens is 1. The Morgan fingerprint density at radius 3 is 2.12 bits per heavy atom. The number of nitrogens with zero attached hydrogens (tertiary/aromatic N) is 3. The van der Waals surface area contributed by atoms with Crippen LogP contribution in [0.2, 0.25) is 0 Å². The standard InChI is InChI=1S/C58H82F2N10O13S/c1-34(2)50(67-47(73)18-11-8-14-25-70-48(74)29-45(55(70)79)84-33-42(62)56(80)81)54(78)65-35(3)52(76)66-43(57(82)83)17-12-13-23-63-46(72)21-24-64-53(77)41(61)22-26-69(49(75)32-71)51(58(4,5)6)44-27-37(39-28-38(59)19-20-40(39)60)31-68(44)30-36-15-9-7-10-16-36/h7,9-10,15-16,19-20,27-28,31,34-35,41-43,45,50-51,71H,8,11-14,17-18,21-26,29-30,32-33,61-62H2,1-6H3,(H,63,72)(H,64,77)(H,65,78)(H,66,76)(H,67,73)(H,80,81)(H,82,83)/t35-,41-,42-,43-,45?,50?,51-/m0/s1. The van der Waals surface area contributed by atoms with Crippen LogP contribution in [0.3, 0.4) is 0 Å². The molecule has 1 aliphatic rings. The van der Waals surface area contributed by atoms with Crippen LogP contribution in [0.25, 0.3) is 11.1 Å². The van der Waals surface area contributed by atoms with E-state index < -0.39 is 124 Å². The van der Waals surface area contributed by atoms with Gasteiger partial charge in [-0.3, -0.25) is 48.1 Å². The molecule has 0 aliphatic carbocycles. The summed E-state index contributed by atoms with van der Waals surface area (Å²) >= 11 is 1.03. The van der Waals surface area contributed by atoms with Gasteiger partial charge in [0.05, 0.1) is 17.3 Å². The van der Waals surface area contributed by atoms with Crippen LogP contribution in [-0.4, -0.2) is 163 Å². The summed E-state index contributed by atoms with van der Waals surface area (Å²) in [6, 6.07) is 7.63. The lowest BCUT2D eigenvalue weighted by atomic mass is 9.82. The molecule has 1 aromatic heterocycles. The lowest BCUT2D eigenvalue weighted by Crippen LogP contribution is -2.56. The van der Waals surface area contributed by atoms with E-state index in [1.165, 1.54) is 11.8 Å². The van der Waals surface area contributed by atoms with E-state index in [0.29, 0.717) is 43.5 Å². The van der Waals surface area contributed by atoms with Gasteiger partial charge in [0.25, 0.3) is 0 Å². The van der Waals surface area contributed by atoms with Gasteiger partial charge in [-0.2, -0.15) is 0 Å². The molecule has 2 heterocycles. The van der Waals surface area contributed by atoms with E-state index in [2.05, 4.69) is 26.6 Å². The van der Waals surface area contributed by atoms with E-state index in [1.54, 1.807) is 26.1 Å². The molecule has 462 valence electrons. The first-order valence-electron chi connectivity index (χ1n) is 28.1. The van der Waals surface area contributed by atoms with Crippen molar-refractivity contribution < 1.29 is 72.0 Å². The number of benzene rings is 2. The van der Waals surface area contributed by atoms with Crippen molar-refractivity contribution in [3.05, 3.63) is 83.7 Å². The van der Waals surface area contributed by atoms with Crippen molar-refractivity contribution in [1.29, 1.82) is 0 Å². The van der Waals surface area contributed by atoms with E-state index in [9.17, 15) is 62.5 Å². The van der Waals surface area contributed by atoms with Crippen LogP contribution < -0.4 is 38.1 Å². The van der Waals surface area contributed by atoms with Gasteiger partial charge >= 0.3 is 11.9 Å². The van der Waals surface area contributed by atoms with E-state index in [0.717, 1.165) is 40.4 Å². The van der Waals surface area contributed by atoms with Crippen LogP contribution in [0, 0.1) is 23.0 Å². The van der Waals surface area contributed by atoms with Crippen LogP contribution in [0.1, 0.15) is 123 Å². The molecule has 3 aromatic rings. The van der Waals surface area contributed by atoms with Gasteiger partial charge in [-0.15, -0.1) is 11.8 Å². The molecule has 2 unspecified atom stereocenters. The Hall–Kier alpha value is -7.29. The number of thioether (sulfide) groups is 1. The minimum Gasteiger partial charge on any atom is -0.480 e.